The Morgan fingerprint density at radius 3 is 2.17 bits per heavy atom. The van der Waals surface area contributed by atoms with E-state index in [2.05, 4.69) is 27.4 Å². The number of nitrogens with zero attached hydrogens (tertiary/aromatic N) is 3. The summed E-state index contributed by atoms with van der Waals surface area (Å²) in [6.45, 7) is 7.79. The summed E-state index contributed by atoms with van der Waals surface area (Å²) in [4.78, 5) is 31.9. The van der Waals surface area contributed by atoms with Gasteiger partial charge in [0.25, 0.3) is 0 Å². The van der Waals surface area contributed by atoms with Crippen LogP contribution in [0.5, 0.6) is 0 Å². The largest absolute Gasteiger partial charge is 0.416 e. The number of amides is 3. The molecular formula is C25H30F3N5O2. The highest BCUT2D eigenvalue weighted by Crippen LogP contribution is 2.30. The van der Waals surface area contributed by atoms with Crippen molar-refractivity contribution >= 4 is 29.0 Å². The Kier molecular flexibility index (Phi) is 7.49. The molecule has 4 rings (SSSR count). The van der Waals surface area contributed by atoms with Crippen LogP contribution < -0.4 is 20.4 Å². The number of rotatable bonds is 5. The molecule has 0 aliphatic carbocycles. The zero-order chi connectivity index (χ0) is 25.0. The first-order chi connectivity index (χ1) is 16.7. The average molecular weight is 490 g/mol. The van der Waals surface area contributed by atoms with Crippen LogP contribution in [0.15, 0.2) is 48.5 Å². The Morgan fingerprint density at radius 1 is 0.943 bits per heavy atom. The quantitative estimate of drug-likeness (QED) is 0.662. The van der Waals surface area contributed by atoms with Gasteiger partial charge < -0.3 is 25.3 Å². The predicted octanol–water partition coefficient (Wildman–Crippen LogP) is 4.16. The van der Waals surface area contributed by atoms with Crippen LogP contribution in [0, 0.1) is 0 Å². The third kappa shape index (κ3) is 6.05. The van der Waals surface area contributed by atoms with E-state index in [9.17, 15) is 22.8 Å². The van der Waals surface area contributed by atoms with Crippen molar-refractivity contribution in [2.75, 3.05) is 54.4 Å². The van der Waals surface area contributed by atoms with Gasteiger partial charge in [0.1, 0.15) is 6.04 Å². The SMILES string of the molecule is CCN1CCN(c2ccc(N3CCCC(NC(=O)Nc4ccc(C(F)(F)F)cc4)C3=O)cc2)CC1. The number of hydrogen-bond acceptors (Lipinski definition) is 4. The van der Waals surface area contributed by atoms with E-state index in [1.54, 1.807) is 4.90 Å². The molecule has 35 heavy (non-hydrogen) atoms. The third-order valence-corrected chi connectivity index (χ3v) is 6.56. The van der Waals surface area contributed by atoms with Crippen molar-refractivity contribution in [2.24, 2.45) is 0 Å². The fourth-order valence-corrected chi connectivity index (χ4v) is 4.50. The molecule has 1 atom stereocenters. The topological polar surface area (TPSA) is 67.9 Å². The van der Waals surface area contributed by atoms with Crippen molar-refractivity contribution in [3.63, 3.8) is 0 Å². The van der Waals surface area contributed by atoms with Crippen molar-refractivity contribution < 1.29 is 22.8 Å². The van der Waals surface area contributed by atoms with Crippen LogP contribution in [0.2, 0.25) is 0 Å². The van der Waals surface area contributed by atoms with Crippen LogP contribution >= 0.6 is 0 Å². The summed E-state index contributed by atoms with van der Waals surface area (Å²) in [6, 6.07) is 10.7. The van der Waals surface area contributed by atoms with Crippen LogP contribution in [-0.2, 0) is 11.0 Å². The minimum absolute atomic E-state index is 0.205. The van der Waals surface area contributed by atoms with E-state index in [1.165, 1.54) is 12.1 Å². The summed E-state index contributed by atoms with van der Waals surface area (Å²) in [6.07, 6.45) is -3.23. The van der Waals surface area contributed by atoms with Crippen LogP contribution in [0.1, 0.15) is 25.3 Å². The molecule has 0 bridgehead atoms. The summed E-state index contributed by atoms with van der Waals surface area (Å²) < 4.78 is 38.1. The highest BCUT2D eigenvalue weighted by atomic mass is 19.4. The number of hydrogen-bond donors (Lipinski definition) is 2. The molecule has 2 aromatic carbocycles. The zero-order valence-electron chi connectivity index (χ0n) is 19.6. The predicted molar refractivity (Wildman–Crippen MR) is 130 cm³/mol. The molecular weight excluding hydrogens is 459 g/mol. The molecule has 0 radical (unpaired) electrons. The number of alkyl halides is 3. The summed E-state index contributed by atoms with van der Waals surface area (Å²) in [5, 5.41) is 5.16. The molecule has 2 N–H and O–H groups in total. The number of nitrogens with one attached hydrogen (secondary N) is 2. The summed E-state index contributed by atoms with van der Waals surface area (Å²) in [7, 11) is 0. The number of halogens is 3. The third-order valence-electron chi connectivity index (χ3n) is 6.56. The lowest BCUT2D eigenvalue weighted by atomic mass is 10.0. The van der Waals surface area contributed by atoms with E-state index in [-0.39, 0.29) is 11.6 Å². The molecule has 2 heterocycles. The number of likely N-dealkylation sites (N-methyl/N-ethyl adjacent to an activating group) is 1. The highest BCUT2D eigenvalue weighted by molar-refractivity contribution is 6.01. The summed E-state index contributed by atoms with van der Waals surface area (Å²) >= 11 is 0. The van der Waals surface area contributed by atoms with E-state index in [1.807, 2.05) is 24.3 Å². The lowest BCUT2D eigenvalue weighted by Gasteiger charge is -2.36. The molecule has 2 aliphatic heterocycles. The lowest BCUT2D eigenvalue weighted by Crippen LogP contribution is -2.53. The smallest absolute Gasteiger partial charge is 0.369 e. The number of carbonyl (C=O) groups is 2. The first kappa shape index (κ1) is 24.8. The Balaban J connectivity index is 1.34. The van der Waals surface area contributed by atoms with E-state index >= 15 is 0 Å². The van der Waals surface area contributed by atoms with Crippen molar-refractivity contribution in [1.82, 2.24) is 10.2 Å². The number of urea groups is 1. The number of anilines is 3. The minimum Gasteiger partial charge on any atom is -0.369 e. The molecule has 0 saturated carbocycles. The fourth-order valence-electron chi connectivity index (χ4n) is 4.50. The molecule has 0 spiro atoms. The second kappa shape index (κ2) is 10.6. The van der Waals surface area contributed by atoms with Gasteiger partial charge in [-0.1, -0.05) is 6.92 Å². The van der Waals surface area contributed by atoms with Crippen molar-refractivity contribution in [1.29, 1.82) is 0 Å². The van der Waals surface area contributed by atoms with Gasteiger partial charge in [0.15, 0.2) is 0 Å². The molecule has 188 valence electrons. The van der Waals surface area contributed by atoms with E-state index in [0.717, 1.165) is 62.7 Å². The van der Waals surface area contributed by atoms with Crippen molar-refractivity contribution in [2.45, 2.75) is 32.0 Å². The van der Waals surface area contributed by atoms with Gasteiger partial charge in [0.05, 0.1) is 5.56 Å². The maximum absolute atomic E-state index is 13.1. The van der Waals surface area contributed by atoms with E-state index < -0.39 is 23.8 Å². The number of piperidine rings is 1. The number of carbonyl (C=O) groups excluding carboxylic acids is 2. The first-order valence-corrected chi connectivity index (χ1v) is 11.9. The van der Waals surface area contributed by atoms with Crippen molar-refractivity contribution in [3.8, 4) is 0 Å². The highest BCUT2D eigenvalue weighted by Gasteiger charge is 2.32. The monoisotopic (exact) mass is 489 g/mol. The molecule has 7 nitrogen and oxygen atoms in total. The van der Waals surface area contributed by atoms with Gasteiger partial charge in [-0.25, -0.2) is 4.79 Å². The normalized spacial score (nSPS) is 19.5. The molecule has 3 amide bonds. The van der Waals surface area contributed by atoms with Gasteiger partial charge in [0.2, 0.25) is 5.91 Å². The van der Waals surface area contributed by atoms with Crippen LogP contribution in [0.25, 0.3) is 0 Å². The van der Waals surface area contributed by atoms with Crippen LogP contribution in [0.4, 0.5) is 35.0 Å². The Bertz CT molecular complexity index is 1020. The number of benzene rings is 2. The maximum atomic E-state index is 13.1. The first-order valence-electron chi connectivity index (χ1n) is 11.9. The Hall–Kier alpha value is -3.27. The van der Waals surface area contributed by atoms with Gasteiger partial charge in [0, 0.05) is 49.8 Å². The van der Waals surface area contributed by atoms with E-state index in [4.69, 9.17) is 0 Å². The zero-order valence-corrected chi connectivity index (χ0v) is 19.6. The molecule has 1 unspecified atom stereocenters. The van der Waals surface area contributed by atoms with Gasteiger partial charge in [-0.15, -0.1) is 0 Å². The standard InChI is InChI=1S/C25H30F3N5O2/c1-2-31-14-16-32(17-15-31)20-9-11-21(12-10-20)33-13-3-4-22(23(33)34)30-24(35)29-19-7-5-18(6-8-19)25(26,27)28/h5-12,22H,2-4,13-17H2,1H3,(H2,29,30,35). The van der Waals surface area contributed by atoms with Crippen LogP contribution in [-0.4, -0.2) is 62.1 Å². The van der Waals surface area contributed by atoms with Gasteiger partial charge in [-0.3, -0.25) is 4.79 Å². The molecule has 10 heteroatoms. The Morgan fingerprint density at radius 2 is 1.57 bits per heavy atom. The second-order valence-corrected chi connectivity index (χ2v) is 8.80. The molecule has 2 saturated heterocycles. The summed E-state index contributed by atoms with van der Waals surface area (Å²) in [5.41, 5.74) is 1.32. The van der Waals surface area contributed by atoms with Crippen molar-refractivity contribution in [3.05, 3.63) is 54.1 Å². The molecule has 2 aromatic rings. The van der Waals surface area contributed by atoms with Crippen LogP contribution in [0.3, 0.4) is 0 Å². The summed E-state index contributed by atoms with van der Waals surface area (Å²) in [5.74, 6) is -0.205. The minimum atomic E-state index is -4.44. The lowest BCUT2D eigenvalue weighted by molar-refractivity contribution is -0.137. The molecule has 2 fully saturated rings. The second-order valence-electron chi connectivity index (χ2n) is 8.80. The Labute approximate surface area is 202 Å². The average Bonchev–Trinajstić information content (AvgIpc) is 2.85. The van der Waals surface area contributed by atoms with Gasteiger partial charge in [-0.05, 0) is 67.9 Å². The molecule has 0 aromatic heterocycles. The number of piperazine rings is 1. The fraction of sp³-hybridized carbons (Fsp3) is 0.440. The van der Waals surface area contributed by atoms with E-state index in [0.29, 0.717) is 13.0 Å². The van der Waals surface area contributed by atoms with Gasteiger partial charge >= 0.3 is 12.2 Å². The maximum Gasteiger partial charge on any atom is 0.416 e. The van der Waals surface area contributed by atoms with Gasteiger partial charge in [-0.2, -0.15) is 13.2 Å². The molecule has 2 aliphatic rings.